The molecule has 1 atom stereocenters. The number of benzene rings is 2. The van der Waals surface area contributed by atoms with Gasteiger partial charge in [-0.1, -0.05) is 35.9 Å². The largest absolute Gasteiger partial charge is 0.497 e. The minimum atomic E-state index is -3.65. The van der Waals surface area contributed by atoms with Gasteiger partial charge in [-0.05, 0) is 31.5 Å². The van der Waals surface area contributed by atoms with Gasteiger partial charge >= 0.3 is 0 Å². The molecule has 1 N–H and O–H groups in total. The molecule has 158 valence electrons. The van der Waals surface area contributed by atoms with Crippen LogP contribution in [0.5, 0.6) is 5.75 Å². The van der Waals surface area contributed by atoms with Gasteiger partial charge in [0.2, 0.25) is 15.9 Å². The molecule has 1 amide bonds. The molecule has 0 aliphatic carbocycles. The fourth-order valence-corrected chi connectivity index (χ4v) is 4.81. The zero-order valence-corrected chi connectivity index (χ0v) is 18.8. The lowest BCUT2D eigenvalue weighted by atomic mass is 10.2. The summed E-state index contributed by atoms with van der Waals surface area (Å²) in [5, 5.41) is 2.83. The quantitative estimate of drug-likeness (QED) is 0.579. The van der Waals surface area contributed by atoms with Gasteiger partial charge in [0.05, 0.1) is 19.1 Å². The summed E-state index contributed by atoms with van der Waals surface area (Å²) in [6, 6.07) is 14.1. The lowest BCUT2D eigenvalue weighted by Crippen LogP contribution is -2.48. The monoisotopic (exact) mass is 436 g/mol. The van der Waals surface area contributed by atoms with Crippen LogP contribution in [0, 0.1) is 6.92 Å². The molecular formula is C21H28N2O4S2. The highest BCUT2D eigenvalue weighted by molar-refractivity contribution is 7.98. The molecule has 0 aliphatic heterocycles. The third-order valence-electron chi connectivity index (χ3n) is 4.33. The number of hydrogen-bond acceptors (Lipinski definition) is 5. The van der Waals surface area contributed by atoms with Gasteiger partial charge in [0.25, 0.3) is 0 Å². The number of ether oxygens (including phenoxy) is 1. The normalized spacial score (nSPS) is 12.3. The van der Waals surface area contributed by atoms with Crippen molar-refractivity contribution in [2.45, 2.75) is 25.6 Å². The Bertz CT molecular complexity index is 915. The number of rotatable bonds is 10. The number of carbonyl (C=O) groups is 1. The third kappa shape index (κ3) is 6.97. The van der Waals surface area contributed by atoms with E-state index in [4.69, 9.17) is 4.74 Å². The van der Waals surface area contributed by atoms with Crippen molar-refractivity contribution >= 4 is 33.4 Å². The third-order valence-corrected chi connectivity index (χ3v) is 6.60. The van der Waals surface area contributed by atoms with E-state index >= 15 is 0 Å². The predicted octanol–water partition coefficient (Wildman–Crippen LogP) is 3.21. The standard InChI is InChI=1S/C21H28N2O4S2/c1-16-8-10-18(11-9-16)15-28-13-12-22-21(24)17(2)23(29(4,25)26)19-6-5-7-20(14-19)27-3/h5-11,14,17H,12-13,15H2,1-4H3,(H,22,24). The first kappa shape index (κ1) is 23.1. The number of nitrogens with zero attached hydrogens (tertiary/aromatic N) is 1. The van der Waals surface area contributed by atoms with Gasteiger partial charge in [-0.2, -0.15) is 11.8 Å². The van der Waals surface area contributed by atoms with Crippen molar-refractivity contribution in [3.05, 3.63) is 59.7 Å². The highest BCUT2D eigenvalue weighted by Gasteiger charge is 2.29. The Hall–Kier alpha value is -2.19. The highest BCUT2D eigenvalue weighted by atomic mass is 32.2. The maximum Gasteiger partial charge on any atom is 0.243 e. The van der Waals surface area contributed by atoms with Crippen molar-refractivity contribution in [1.82, 2.24) is 5.32 Å². The van der Waals surface area contributed by atoms with Crippen LogP contribution in [-0.2, 0) is 20.6 Å². The molecule has 0 fully saturated rings. The Labute approximate surface area is 177 Å². The Balaban J connectivity index is 1.92. The molecule has 2 aromatic rings. The summed E-state index contributed by atoms with van der Waals surface area (Å²) in [5.41, 5.74) is 2.86. The number of anilines is 1. The van der Waals surface area contributed by atoms with Crippen LogP contribution in [0.4, 0.5) is 5.69 Å². The molecule has 2 aromatic carbocycles. The van der Waals surface area contributed by atoms with Crippen LogP contribution in [0.25, 0.3) is 0 Å². The van der Waals surface area contributed by atoms with Crippen molar-refractivity contribution in [3.8, 4) is 5.75 Å². The summed E-state index contributed by atoms with van der Waals surface area (Å²) in [4.78, 5) is 12.6. The zero-order valence-electron chi connectivity index (χ0n) is 17.2. The molecule has 0 aromatic heterocycles. The molecular weight excluding hydrogens is 408 g/mol. The molecule has 0 saturated carbocycles. The highest BCUT2D eigenvalue weighted by Crippen LogP contribution is 2.25. The summed E-state index contributed by atoms with van der Waals surface area (Å²) < 4.78 is 31.0. The number of sulfonamides is 1. The average molecular weight is 437 g/mol. The second kappa shape index (κ2) is 10.5. The molecule has 0 heterocycles. The van der Waals surface area contributed by atoms with Gasteiger partial charge in [-0.3, -0.25) is 9.10 Å². The van der Waals surface area contributed by atoms with Crippen LogP contribution in [-0.4, -0.2) is 46.0 Å². The van der Waals surface area contributed by atoms with Crippen LogP contribution in [0.1, 0.15) is 18.1 Å². The van der Waals surface area contributed by atoms with E-state index in [0.717, 1.165) is 22.1 Å². The zero-order chi connectivity index (χ0) is 21.4. The smallest absolute Gasteiger partial charge is 0.243 e. The molecule has 6 nitrogen and oxygen atoms in total. The molecule has 2 rings (SSSR count). The molecule has 0 bridgehead atoms. The minimum Gasteiger partial charge on any atom is -0.497 e. The summed E-state index contributed by atoms with van der Waals surface area (Å²) in [5.74, 6) is 1.79. The van der Waals surface area contributed by atoms with E-state index in [1.165, 1.54) is 18.2 Å². The van der Waals surface area contributed by atoms with Gasteiger partial charge in [0.15, 0.2) is 0 Å². The van der Waals surface area contributed by atoms with Gasteiger partial charge in [-0.15, -0.1) is 0 Å². The molecule has 0 spiro atoms. The molecule has 1 unspecified atom stereocenters. The van der Waals surface area contributed by atoms with E-state index < -0.39 is 16.1 Å². The van der Waals surface area contributed by atoms with Crippen molar-refractivity contribution in [3.63, 3.8) is 0 Å². The Morgan fingerprint density at radius 2 is 1.90 bits per heavy atom. The van der Waals surface area contributed by atoms with E-state index in [2.05, 4.69) is 36.5 Å². The van der Waals surface area contributed by atoms with Gasteiger partial charge in [0, 0.05) is 24.1 Å². The molecule has 8 heteroatoms. The van der Waals surface area contributed by atoms with Crippen molar-refractivity contribution < 1.29 is 17.9 Å². The van der Waals surface area contributed by atoms with E-state index in [0.29, 0.717) is 18.0 Å². The number of carbonyl (C=O) groups excluding carboxylic acids is 1. The second-order valence-electron chi connectivity index (χ2n) is 6.77. The van der Waals surface area contributed by atoms with Crippen LogP contribution in [0.2, 0.25) is 0 Å². The Kier molecular flexibility index (Phi) is 8.40. The maximum absolute atomic E-state index is 12.6. The van der Waals surface area contributed by atoms with Crippen LogP contribution >= 0.6 is 11.8 Å². The Morgan fingerprint density at radius 3 is 2.52 bits per heavy atom. The number of thioether (sulfide) groups is 1. The fraction of sp³-hybridized carbons (Fsp3) is 0.381. The van der Waals surface area contributed by atoms with Crippen LogP contribution < -0.4 is 14.4 Å². The number of amides is 1. The number of hydrogen-bond donors (Lipinski definition) is 1. The number of aryl methyl sites for hydroxylation is 1. The average Bonchev–Trinajstić information content (AvgIpc) is 2.68. The van der Waals surface area contributed by atoms with E-state index in [1.807, 2.05) is 0 Å². The first-order valence-electron chi connectivity index (χ1n) is 9.27. The van der Waals surface area contributed by atoms with Crippen molar-refractivity contribution in [2.24, 2.45) is 0 Å². The second-order valence-corrected chi connectivity index (χ2v) is 9.73. The topological polar surface area (TPSA) is 75.7 Å². The Morgan fingerprint density at radius 1 is 1.21 bits per heavy atom. The molecule has 0 saturated heterocycles. The first-order valence-corrected chi connectivity index (χ1v) is 12.3. The number of methoxy groups -OCH3 is 1. The van der Waals surface area contributed by atoms with Crippen LogP contribution in [0.15, 0.2) is 48.5 Å². The summed E-state index contributed by atoms with van der Waals surface area (Å²) >= 11 is 1.72. The summed E-state index contributed by atoms with van der Waals surface area (Å²) in [7, 11) is -2.14. The predicted molar refractivity (Wildman–Crippen MR) is 120 cm³/mol. The van der Waals surface area contributed by atoms with E-state index in [9.17, 15) is 13.2 Å². The van der Waals surface area contributed by atoms with Crippen molar-refractivity contribution in [2.75, 3.05) is 30.0 Å². The van der Waals surface area contributed by atoms with Gasteiger partial charge in [-0.25, -0.2) is 8.42 Å². The molecule has 0 radical (unpaired) electrons. The van der Waals surface area contributed by atoms with E-state index in [-0.39, 0.29) is 5.91 Å². The lowest BCUT2D eigenvalue weighted by molar-refractivity contribution is -0.121. The lowest BCUT2D eigenvalue weighted by Gasteiger charge is -2.28. The summed E-state index contributed by atoms with van der Waals surface area (Å²) in [6.45, 7) is 4.10. The molecule has 0 aliphatic rings. The SMILES string of the molecule is COc1cccc(N(C(C)C(=O)NCCSCc2ccc(C)cc2)S(C)(=O)=O)c1. The molecule has 29 heavy (non-hydrogen) atoms. The van der Waals surface area contributed by atoms with Gasteiger partial charge in [0.1, 0.15) is 11.8 Å². The van der Waals surface area contributed by atoms with Gasteiger partial charge < -0.3 is 10.1 Å². The fourth-order valence-electron chi connectivity index (χ4n) is 2.82. The first-order chi connectivity index (χ1) is 13.7. The van der Waals surface area contributed by atoms with E-state index in [1.54, 1.807) is 43.0 Å². The van der Waals surface area contributed by atoms with Crippen molar-refractivity contribution in [1.29, 1.82) is 0 Å². The van der Waals surface area contributed by atoms with Crippen LogP contribution in [0.3, 0.4) is 0 Å². The minimum absolute atomic E-state index is 0.339. The summed E-state index contributed by atoms with van der Waals surface area (Å²) in [6.07, 6.45) is 1.09. The maximum atomic E-state index is 12.6. The number of nitrogens with one attached hydrogen (secondary N) is 1.